The van der Waals surface area contributed by atoms with Crippen molar-refractivity contribution >= 4 is 27.3 Å². The van der Waals surface area contributed by atoms with E-state index < -0.39 is 0 Å². The first-order chi connectivity index (χ1) is 11.7. The van der Waals surface area contributed by atoms with E-state index in [1.807, 2.05) is 42.5 Å². The highest BCUT2D eigenvalue weighted by Crippen LogP contribution is 2.35. The lowest BCUT2D eigenvalue weighted by Crippen LogP contribution is -2.16. The summed E-state index contributed by atoms with van der Waals surface area (Å²) in [6, 6.07) is 13.6. The molecule has 0 radical (unpaired) electrons. The van der Waals surface area contributed by atoms with E-state index in [0.717, 1.165) is 37.8 Å². The van der Waals surface area contributed by atoms with Crippen LogP contribution in [-0.4, -0.2) is 19.0 Å². The normalized spacial score (nSPS) is 13.0. The van der Waals surface area contributed by atoms with Crippen LogP contribution in [0, 0.1) is 5.41 Å². The lowest BCUT2D eigenvalue weighted by atomic mass is 10.2. The molecule has 3 aromatic rings. The molecule has 24 heavy (non-hydrogen) atoms. The Morgan fingerprint density at radius 3 is 2.92 bits per heavy atom. The summed E-state index contributed by atoms with van der Waals surface area (Å²) in [6.45, 7) is 1.53. The average Bonchev–Trinajstić information content (AvgIpc) is 3.03. The van der Waals surface area contributed by atoms with Gasteiger partial charge in [-0.1, -0.05) is 12.1 Å². The van der Waals surface area contributed by atoms with Crippen LogP contribution in [-0.2, 0) is 6.61 Å². The molecule has 4 rings (SSSR count). The second-order valence-corrected chi connectivity index (χ2v) is 6.54. The SMILES string of the molecule is N=C(N)c1cc2ccc(OCc3cccc4c3OCCO4)cc2s1. The van der Waals surface area contributed by atoms with Gasteiger partial charge in [-0.3, -0.25) is 5.41 Å². The van der Waals surface area contributed by atoms with Gasteiger partial charge in [0.25, 0.3) is 0 Å². The number of benzene rings is 2. The fourth-order valence-corrected chi connectivity index (χ4v) is 3.60. The average molecular weight is 340 g/mol. The van der Waals surface area contributed by atoms with Crippen LogP contribution in [0.2, 0.25) is 0 Å². The van der Waals surface area contributed by atoms with Gasteiger partial charge in [0.15, 0.2) is 11.5 Å². The standard InChI is InChI=1S/C18H16N2O3S/c19-18(20)16-8-11-4-5-13(9-15(11)24-16)23-10-12-2-1-3-14-17(12)22-7-6-21-14/h1-5,8-9H,6-7,10H2,(H3,19,20). The van der Waals surface area contributed by atoms with Crippen molar-refractivity contribution in [3.05, 3.63) is 52.9 Å². The van der Waals surface area contributed by atoms with Crippen LogP contribution >= 0.6 is 11.3 Å². The first-order valence-electron chi connectivity index (χ1n) is 7.59. The second-order valence-electron chi connectivity index (χ2n) is 5.45. The molecule has 1 aliphatic rings. The van der Waals surface area contributed by atoms with E-state index in [0.29, 0.717) is 19.8 Å². The smallest absolute Gasteiger partial charge is 0.167 e. The Hall–Kier alpha value is -2.73. The van der Waals surface area contributed by atoms with Crippen LogP contribution in [0.5, 0.6) is 17.2 Å². The number of hydrogen-bond acceptors (Lipinski definition) is 5. The number of hydrogen-bond donors (Lipinski definition) is 2. The summed E-state index contributed by atoms with van der Waals surface area (Å²) < 4.78 is 18.3. The Morgan fingerprint density at radius 1 is 1.17 bits per heavy atom. The number of rotatable bonds is 4. The molecule has 122 valence electrons. The van der Waals surface area contributed by atoms with Crippen molar-refractivity contribution in [1.82, 2.24) is 0 Å². The number of para-hydroxylation sites is 1. The zero-order chi connectivity index (χ0) is 16.5. The highest BCUT2D eigenvalue weighted by atomic mass is 32.1. The molecule has 0 amide bonds. The number of fused-ring (bicyclic) bond motifs is 2. The molecule has 1 aliphatic heterocycles. The monoisotopic (exact) mass is 340 g/mol. The van der Waals surface area contributed by atoms with Crippen molar-refractivity contribution < 1.29 is 14.2 Å². The Kier molecular flexibility index (Phi) is 3.74. The highest BCUT2D eigenvalue weighted by molar-refractivity contribution is 7.20. The van der Waals surface area contributed by atoms with Gasteiger partial charge >= 0.3 is 0 Å². The van der Waals surface area contributed by atoms with Gasteiger partial charge in [0, 0.05) is 10.3 Å². The molecule has 0 atom stereocenters. The largest absolute Gasteiger partial charge is 0.489 e. The van der Waals surface area contributed by atoms with E-state index in [4.69, 9.17) is 25.4 Å². The van der Waals surface area contributed by atoms with E-state index in [9.17, 15) is 0 Å². The third-order valence-corrected chi connectivity index (χ3v) is 4.93. The fourth-order valence-electron chi connectivity index (χ4n) is 2.64. The molecular formula is C18H16N2O3S. The van der Waals surface area contributed by atoms with Gasteiger partial charge in [0.2, 0.25) is 0 Å². The van der Waals surface area contributed by atoms with Crippen molar-refractivity contribution in [2.24, 2.45) is 5.73 Å². The van der Waals surface area contributed by atoms with Crippen molar-refractivity contribution in [1.29, 1.82) is 5.41 Å². The summed E-state index contributed by atoms with van der Waals surface area (Å²) in [5, 5.41) is 8.60. The Bertz CT molecular complexity index is 920. The van der Waals surface area contributed by atoms with Crippen LogP contribution in [0.3, 0.4) is 0 Å². The third-order valence-electron chi connectivity index (χ3n) is 3.80. The maximum atomic E-state index is 7.53. The van der Waals surface area contributed by atoms with E-state index in [1.54, 1.807) is 0 Å². The molecular weight excluding hydrogens is 324 g/mol. The van der Waals surface area contributed by atoms with Crippen LogP contribution in [0.4, 0.5) is 0 Å². The van der Waals surface area contributed by atoms with E-state index in [2.05, 4.69) is 0 Å². The fraction of sp³-hybridized carbons (Fsp3) is 0.167. The number of nitrogens with two attached hydrogens (primary N) is 1. The van der Waals surface area contributed by atoms with Gasteiger partial charge in [-0.15, -0.1) is 11.3 Å². The minimum absolute atomic E-state index is 0.0896. The summed E-state index contributed by atoms with van der Waals surface area (Å²) in [6.07, 6.45) is 0. The van der Waals surface area contributed by atoms with Gasteiger partial charge in [0.1, 0.15) is 31.4 Å². The summed E-state index contributed by atoms with van der Waals surface area (Å²) in [5.74, 6) is 2.39. The molecule has 0 spiro atoms. The quantitative estimate of drug-likeness (QED) is 0.562. The number of nitrogens with one attached hydrogen (secondary N) is 1. The first kappa shape index (κ1) is 14.8. The third kappa shape index (κ3) is 2.76. The van der Waals surface area contributed by atoms with Crippen molar-refractivity contribution in [2.75, 3.05) is 13.2 Å². The van der Waals surface area contributed by atoms with Crippen LogP contribution in [0.15, 0.2) is 42.5 Å². The Labute approximate surface area is 143 Å². The minimum atomic E-state index is 0.0896. The number of nitrogen functional groups attached to an aromatic ring is 1. The molecule has 0 aliphatic carbocycles. The molecule has 6 heteroatoms. The molecule has 0 saturated carbocycles. The molecule has 1 aromatic heterocycles. The molecule has 0 bridgehead atoms. The molecule has 0 saturated heterocycles. The van der Waals surface area contributed by atoms with Crippen molar-refractivity contribution in [3.63, 3.8) is 0 Å². The topological polar surface area (TPSA) is 77.6 Å². The van der Waals surface area contributed by atoms with Gasteiger partial charge in [-0.2, -0.15) is 0 Å². The summed E-state index contributed by atoms with van der Waals surface area (Å²) >= 11 is 1.49. The van der Waals surface area contributed by atoms with Gasteiger partial charge in [0.05, 0.1) is 4.88 Å². The minimum Gasteiger partial charge on any atom is -0.489 e. The Balaban J connectivity index is 1.56. The van der Waals surface area contributed by atoms with Crippen LogP contribution in [0.1, 0.15) is 10.4 Å². The summed E-state index contributed by atoms with van der Waals surface area (Å²) in [4.78, 5) is 0.768. The zero-order valence-electron chi connectivity index (χ0n) is 12.9. The van der Waals surface area contributed by atoms with Crippen molar-refractivity contribution in [2.45, 2.75) is 6.61 Å². The summed E-state index contributed by atoms with van der Waals surface area (Å²) in [5.41, 5.74) is 6.51. The lowest BCUT2D eigenvalue weighted by Gasteiger charge is -2.21. The molecule has 3 N–H and O–H groups in total. The van der Waals surface area contributed by atoms with Gasteiger partial charge in [-0.05, 0) is 35.7 Å². The molecule has 2 aromatic carbocycles. The molecule has 5 nitrogen and oxygen atoms in total. The second kappa shape index (κ2) is 6.05. The van der Waals surface area contributed by atoms with Crippen molar-refractivity contribution in [3.8, 4) is 17.2 Å². The van der Waals surface area contributed by atoms with E-state index in [1.165, 1.54) is 11.3 Å². The summed E-state index contributed by atoms with van der Waals surface area (Å²) in [7, 11) is 0. The predicted octanol–water partition coefficient (Wildman–Crippen LogP) is 3.54. The highest BCUT2D eigenvalue weighted by Gasteiger charge is 2.16. The predicted molar refractivity (Wildman–Crippen MR) is 94.6 cm³/mol. The Morgan fingerprint density at radius 2 is 2.04 bits per heavy atom. The van der Waals surface area contributed by atoms with Gasteiger partial charge in [-0.25, -0.2) is 0 Å². The lowest BCUT2D eigenvalue weighted by molar-refractivity contribution is 0.166. The van der Waals surface area contributed by atoms with Gasteiger partial charge < -0.3 is 19.9 Å². The molecule has 0 fully saturated rings. The number of thiophene rings is 1. The van der Waals surface area contributed by atoms with E-state index >= 15 is 0 Å². The molecule has 2 heterocycles. The van der Waals surface area contributed by atoms with E-state index in [-0.39, 0.29) is 5.84 Å². The number of ether oxygens (including phenoxy) is 3. The zero-order valence-corrected chi connectivity index (χ0v) is 13.7. The first-order valence-corrected chi connectivity index (χ1v) is 8.40. The molecule has 0 unspecified atom stereocenters. The number of amidine groups is 1. The maximum absolute atomic E-state index is 7.53. The maximum Gasteiger partial charge on any atom is 0.167 e. The van der Waals surface area contributed by atoms with Crippen LogP contribution in [0.25, 0.3) is 10.1 Å². The van der Waals surface area contributed by atoms with Crippen LogP contribution < -0.4 is 19.9 Å².